The van der Waals surface area contributed by atoms with Gasteiger partial charge in [0.2, 0.25) is 0 Å². The van der Waals surface area contributed by atoms with Gasteiger partial charge in [0.05, 0.1) is 0 Å². The van der Waals surface area contributed by atoms with E-state index in [1.807, 2.05) is 25.7 Å². The molecular weight excluding hydrogens is 290 g/mol. The lowest BCUT2D eigenvalue weighted by Gasteiger charge is -2.35. The zero-order valence-electron chi connectivity index (χ0n) is 16.4. The molecule has 0 aliphatic carbocycles. The molecule has 0 radical (unpaired) electrons. The van der Waals surface area contributed by atoms with Gasteiger partial charge in [0.15, 0.2) is 0 Å². The second-order valence-electron chi connectivity index (χ2n) is 8.69. The van der Waals surface area contributed by atoms with Gasteiger partial charge in [-0.15, -0.1) is 0 Å². The lowest BCUT2D eigenvalue weighted by atomic mass is 10.0. The van der Waals surface area contributed by atoms with Crippen molar-refractivity contribution in [3.05, 3.63) is 0 Å². The van der Waals surface area contributed by atoms with Gasteiger partial charge in [0.25, 0.3) is 0 Å². The zero-order chi connectivity index (χ0) is 17.8. The van der Waals surface area contributed by atoms with Crippen molar-refractivity contribution in [1.29, 1.82) is 0 Å². The molecule has 1 heterocycles. The molecule has 0 aromatic carbocycles. The summed E-state index contributed by atoms with van der Waals surface area (Å²) in [4.78, 5) is 16.5. The molecule has 0 spiro atoms. The Morgan fingerprint density at radius 1 is 1.30 bits per heavy atom. The van der Waals surface area contributed by atoms with Crippen molar-refractivity contribution in [3.8, 4) is 0 Å². The SMILES string of the molecule is CC(CC1CCCN1C(=O)OC(C)(C)C)NCC(C)(C)N(C)C. The number of carbonyl (C=O) groups excluding carboxylic acids is 1. The molecule has 1 fully saturated rings. The summed E-state index contributed by atoms with van der Waals surface area (Å²) in [7, 11) is 4.21. The number of nitrogens with zero attached hydrogens (tertiary/aromatic N) is 2. The number of hydrogen-bond acceptors (Lipinski definition) is 4. The van der Waals surface area contributed by atoms with Crippen LogP contribution < -0.4 is 5.32 Å². The predicted octanol–water partition coefficient (Wildman–Crippen LogP) is 3.09. The van der Waals surface area contributed by atoms with E-state index in [2.05, 4.69) is 45.1 Å². The Bertz CT molecular complexity index is 388. The summed E-state index contributed by atoms with van der Waals surface area (Å²) < 4.78 is 5.54. The number of amides is 1. The van der Waals surface area contributed by atoms with Crippen molar-refractivity contribution in [2.45, 2.75) is 84.0 Å². The standard InChI is InChI=1S/C18H37N3O2/c1-14(19-13-18(5,6)20(7)8)12-15-10-9-11-21(15)16(22)23-17(2,3)4/h14-15,19H,9-13H2,1-8H3. The Balaban J connectivity index is 2.50. The van der Waals surface area contributed by atoms with Crippen molar-refractivity contribution >= 4 is 6.09 Å². The molecule has 1 aliphatic heterocycles. The quantitative estimate of drug-likeness (QED) is 0.814. The maximum absolute atomic E-state index is 12.3. The van der Waals surface area contributed by atoms with Gasteiger partial charge < -0.3 is 19.9 Å². The highest BCUT2D eigenvalue weighted by Crippen LogP contribution is 2.24. The van der Waals surface area contributed by atoms with Crippen LogP contribution >= 0.6 is 0 Å². The van der Waals surface area contributed by atoms with E-state index in [1.54, 1.807) is 0 Å². The molecule has 1 rings (SSSR count). The molecule has 0 saturated carbocycles. The third kappa shape index (κ3) is 6.68. The first-order valence-corrected chi connectivity index (χ1v) is 8.83. The summed E-state index contributed by atoms with van der Waals surface area (Å²) in [5.74, 6) is 0. The van der Waals surface area contributed by atoms with Crippen LogP contribution in [0.2, 0.25) is 0 Å². The minimum Gasteiger partial charge on any atom is -0.444 e. The van der Waals surface area contributed by atoms with E-state index in [0.29, 0.717) is 6.04 Å². The Morgan fingerprint density at radius 2 is 1.91 bits per heavy atom. The molecule has 1 N–H and O–H groups in total. The molecule has 0 aromatic rings. The largest absolute Gasteiger partial charge is 0.444 e. The van der Waals surface area contributed by atoms with Gasteiger partial charge in [-0.2, -0.15) is 0 Å². The highest BCUT2D eigenvalue weighted by atomic mass is 16.6. The smallest absolute Gasteiger partial charge is 0.410 e. The van der Waals surface area contributed by atoms with E-state index in [1.165, 1.54) is 0 Å². The lowest BCUT2D eigenvalue weighted by Crippen LogP contribution is -2.50. The van der Waals surface area contributed by atoms with Crippen LogP contribution in [0.3, 0.4) is 0 Å². The van der Waals surface area contributed by atoms with E-state index in [-0.39, 0.29) is 17.7 Å². The fraction of sp³-hybridized carbons (Fsp3) is 0.944. The van der Waals surface area contributed by atoms with Crippen molar-refractivity contribution in [2.24, 2.45) is 0 Å². The molecule has 1 saturated heterocycles. The Labute approximate surface area is 142 Å². The summed E-state index contributed by atoms with van der Waals surface area (Å²) >= 11 is 0. The molecule has 5 nitrogen and oxygen atoms in total. The fourth-order valence-electron chi connectivity index (χ4n) is 2.72. The highest BCUT2D eigenvalue weighted by Gasteiger charge is 2.33. The molecule has 0 bridgehead atoms. The summed E-state index contributed by atoms with van der Waals surface area (Å²) in [6.07, 6.45) is 2.95. The average molecular weight is 328 g/mol. The average Bonchev–Trinajstić information content (AvgIpc) is 2.82. The molecule has 2 unspecified atom stereocenters. The van der Waals surface area contributed by atoms with E-state index in [0.717, 1.165) is 32.4 Å². The van der Waals surface area contributed by atoms with Crippen molar-refractivity contribution in [3.63, 3.8) is 0 Å². The van der Waals surface area contributed by atoms with Crippen LogP contribution in [0, 0.1) is 0 Å². The highest BCUT2D eigenvalue weighted by molar-refractivity contribution is 5.68. The fourth-order valence-corrected chi connectivity index (χ4v) is 2.72. The van der Waals surface area contributed by atoms with Crippen molar-refractivity contribution in [1.82, 2.24) is 15.1 Å². The maximum Gasteiger partial charge on any atom is 0.410 e. The summed E-state index contributed by atoms with van der Waals surface area (Å²) in [5.41, 5.74) is -0.307. The van der Waals surface area contributed by atoms with Gasteiger partial charge in [-0.25, -0.2) is 4.79 Å². The van der Waals surface area contributed by atoms with Crippen LogP contribution in [-0.4, -0.2) is 66.3 Å². The van der Waals surface area contributed by atoms with Crippen LogP contribution in [0.1, 0.15) is 60.8 Å². The van der Waals surface area contributed by atoms with Crippen LogP contribution in [0.25, 0.3) is 0 Å². The summed E-state index contributed by atoms with van der Waals surface area (Å²) in [5, 5.41) is 3.62. The van der Waals surface area contributed by atoms with Crippen LogP contribution in [0.5, 0.6) is 0 Å². The molecule has 136 valence electrons. The second kappa shape index (κ2) is 7.84. The first-order chi connectivity index (χ1) is 10.4. The zero-order valence-corrected chi connectivity index (χ0v) is 16.4. The predicted molar refractivity (Wildman–Crippen MR) is 95.8 cm³/mol. The molecule has 0 aromatic heterocycles. The number of likely N-dealkylation sites (tertiary alicyclic amines) is 1. The van der Waals surface area contributed by atoms with Crippen LogP contribution in [0.4, 0.5) is 4.79 Å². The van der Waals surface area contributed by atoms with Crippen LogP contribution in [-0.2, 0) is 4.74 Å². The third-order valence-electron chi connectivity index (χ3n) is 4.72. The first-order valence-electron chi connectivity index (χ1n) is 8.83. The second-order valence-corrected chi connectivity index (χ2v) is 8.69. The Kier molecular flexibility index (Phi) is 6.90. The van der Waals surface area contributed by atoms with Gasteiger partial charge in [-0.3, -0.25) is 0 Å². The summed E-state index contributed by atoms with van der Waals surface area (Å²) in [6, 6.07) is 0.664. The number of nitrogens with one attached hydrogen (secondary N) is 1. The number of hydrogen-bond donors (Lipinski definition) is 1. The van der Waals surface area contributed by atoms with E-state index < -0.39 is 5.60 Å². The van der Waals surface area contributed by atoms with E-state index >= 15 is 0 Å². The maximum atomic E-state index is 12.3. The monoisotopic (exact) mass is 327 g/mol. The topological polar surface area (TPSA) is 44.8 Å². The number of rotatable bonds is 6. The van der Waals surface area contributed by atoms with E-state index in [4.69, 9.17) is 4.74 Å². The van der Waals surface area contributed by atoms with Crippen molar-refractivity contribution < 1.29 is 9.53 Å². The summed E-state index contributed by atoms with van der Waals surface area (Å²) in [6.45, 7) is 14.2. The van der Waals surface area contributed by atoms with Crippen molar-refractivity contribution in [2.75, 3.05) is 27.2 Å². The lowest BCUT2D eigenvalue weighted by molar-refractivity contribution is 0.0213. The van der Waals surface area contributed by atoms with E-state index in [9.17, 15) is 4.79 Å². The first kappa shape index (κ1) is 20.2. The minimum atomic E-state index is -0.427. The normalized spacial score (nSPS) is 20.9. The van der Waals surface area contributed by atoms with Gasteiger partial charge in [0.1, 0.15) is 5.60 Å². The Hall–Kier alpha value is -0.810. The third-order valence-corrected chi connectivity index (χ3v) is 4.72. The molecule has 1 amide bonds. The van der Waals surface area contributed by atoms with Gasteiger partial charge in [-0.05, 0) is 74.9 Å². The van der Waals surface area contributed by atoms with Gasteiger partial charge in [-0.1, -0.05) is 0 Å². The van der Waals surface area contributed by atoms with Gasteiger partial charge in [0, 0.05) is 30.7 Å². The number of likely N-dealkylation sites (N-methyl/N-ethyl adjacent to an activating group) is 1. The molecule has 1 aliphatic rings. The molecule has 2 atom stereocenters. The van der Waals surface area contributed by atoms with Gasteiger partial charge >= 0.3 is 6.09 Å². The minimum absolute atomic E-state index is 0.120. The molecule has 5 heteroatoms. The number of carbonyl (C=O) groups is 1. The molecular formula is C18H37N3O2. The molecule has 23 heavy (non-hydrogen) atoms. The Morgan fingerprint density at radius 3 is 2.43 bits per heavy atom. The van der Waals surface area contributed by atoms with Crippen LogP contribution in [0.15, 0.2) is 0 Å². The number of ether oxygens (including phenoxy) is 1.